The van der Waals surface area contributed by atoms with E-state index in [1.807, 2.05) is 35.0 Å². The van der Waals surface area contributed by atoms with E-state index in [0.29, 0.717) is 17.6 Å². The van der Waals surface area contributed by atoms with Crippen LogP contribution in [-0.2, 0) is 17.9 Å². The lowest BCUT2D eigenvalue weighted by atomic mass is 10.3. The Balaban J connectivity index is 1.85. The second-order valence-corrected chi connectivity index (χ2v) is 5.83. The number of carbonyl (C=O) groups excluding carboxylic acids is 1. The molecule has 0 saturated heterocycles. The molecule has 0 unspecified atom stereocenters. The molecule has 3 rings (SSSR count). The van der Waals surface area contributed by atoms with Crippen LogP contribution < -0.4 is 5.56 Å². The lowest BCUT2D eigenvalue weighted by Crippen LogP contribution is -2.33. The summed E-state index contributed by atoms with van der Waals surface area (Å²) < 4.78 is 1.47. The number of amides is 1. The molecular weight excluding hydrogens is 298 g/mol. The maximum absolute atomic E-state index is 12.4. The van der Waals surface area contributed by atoms with Crippen LogP contribution in [0.2, 0.25) is 0 Å². The van der Waals surface area contributed by atoms with E-state index in [-0.39, 0.29) is 18.0 Å². The lowest BCUT2D eigenvalue weighted by Gasteiger charge is -2.18. The van der Waals surface area contributed by atoms with Crippen molar-refractivity contribution in [3.05, 3.63) is 63.2 Å². The zero-order chi connectivity index (χ0) is 15.5. The number of aromatic nitrogens is 2. The fourth-order valence-corrected chi connectivity index (χ4v) is 2.94. The summed E-state index contributed by atoms with van der Waals surface area (Å²) in [6, 6.07) is 9.30. The van der Waals surface area contributed by atoms with Crippen molar-refractivity contribution in [2.75, 3.05) is 7.05 Å². The van der Waals surface area contributed by atoms with Crippen LogP contribution >= 0.6 is 11.3 Å². The summed E-state index contributed by atoms with van der Waals surface area (Å²) in [5.41, 5.74) is 2.20. The Labute approximate surface area is 131 Å². The first-order chi connectivity index (χ1) is 10.6. The molecule has 2 heterocycles. The minimum absolute atomic E-state index is 0.0164. The molecule has 5 nitrogen and oxygen atoms in total. The highest BCUT2D eigenvalue weighted by atomic mass is 32.1. The Morgan fingerprint density at radius 3 is 2.91 bits per heavy atom. The van der Waals surface area contributed by atoms with Gasteiger partial charge in [-0.1, -0.05) is 12.1 Å². The van der Waals surface area contributed by atoms with Crippen molar-refractivity contribution in [1.82, 2.24) is 14.5 Å². The van der Waals surface area contributed by atoms with Gasteiger partial charge in [0.15, 0.2) is 0 Å². The zero-order valence-electron chi connectivity index (χ0n) is 12.1. The van der Waals surface area contributed by atoms with Crippen LogP contribution in [0, 0.1) is 0 Å². The van der Waals surface area contributed by atoms with Gasteiger partial charge in [0.1, 0.15) is 6.54 Å². The average molecular weight is 313 g/mol. The predicted molar refractivity (Wildman–Crippen MR) is 86.8 cm³/mol. The highest BCUT2D eigenvalue weighted by Gasteiger charge is 2.13. The molecule has 6 heteroatoms. The number of benzene rings is 1. The summed E-state index contributed by atoms with van der Waals surface area (Å²) >= 11 is 1.60. The summed E-state index contributed by atoms with van der Waals surface area (Å²) in [6.07, 6.45) is 1.26. The van der Waals surface area contributed by atoms with Gasteiger partial charge < -0.3 is 4.90 Å². The van der Waals surface area contributed by atoms with E-state index < -0.39 is 0 Å². The van der Waals surface area contributed by atoms with E-state index in [4.69, 9.17) is 0 Å². The third-order valence-corrected chi connectivity index (χ3v) is 4.20. The summed E-state index contributed by atoms with van der Waals surface area (Å²) in [4.78, 5) is 30.1. The first-order valence-electron chi connectivity index (χ1n) is 6.85. The van der Waals surface area contributed by atoms with E-state index in [1.165, 1.54) is 10.8 Å². The monoisotopic (exact) mass is 313 g/mol. The Morgan fingerprint density at radius 1 is 1.32 bits per heavy atom. The third-order valence-electron chi connectivity index (χ3n) is 3.47. The minimum Gasteiger partial charge on any atom is -0.340 e. The highest BCUT2D eigenvalue weighted by Crippen LogP contribution is 2.11. The number of fused-ring (bicyclic) bond motifs is 1. The van der Waals surface area contributed by atoms with Crippen molar-refractivity contribution in [2.24, 2.45) is 0 Å². The maximum atomic E-state index is 12.4. The van der Waals surface area contributed by atoms with Crippen molar-refractivity contribution >= 4 is 28.3 Å². The number of para-hydroxylation sites is 2. The third kappa shape index (κ3) is 2.92. The molecule has 1 amide bonds. The highest BCUT2D eigenvalue weighted by molar-refractivity contribution is 7.07. The molecule has 0 fully saturated rings. The Morgan fingerprint density at radius 2 is 2.14 bits per heavy atom. The predicted octanol–water partition coefficient (Wildman–Crippen LogP) is 2.12. The summed E-state index contributed by atoms with van der Waals surface area (Å²) in [6.45, 7) is 0.558. The van der Waals surface area contributed by atoms with Gasteiger partial charge >= 0.3 is 0 Å². The molecule has 22 heavy (non-hydrogen) atoms. The summed E-state index contributed by atoms with van der Waals surface area (Å²) in [7, 11) is 1.74. The summed E-state index contributed by atoms with van der Waals surface area (Å²) in [5, 5.41) is 3.99. The minimum atomic E-state index is -0.268. The second-order valence-electron chi connectivity index (χ2n) is 5.05. The molecule has 1 aromatic carbocycles. The number of hydrogen-bond donors (Lipinski definition) is 0. The van der Waals surface area contributed by atoms with E-state index in [9.17, 15) is 9.59 Å². The SMILES string of the molecule is CN(Cc1ccsc1)C(=O)Cn1c(=O)cnc2ccccc21. The number of nitrogens with zero attached hydrogens (tertiary/aromatic N) is 3. The standard InChI is InChI=1S/C16H15N3O2S/c1-18(9-12-6-7-22-11-12)16(21)10-19-14-5-3-2-4-13(14)17-8-15(19)20/h2-8,11H,9-10H2,1H3. The van der Waals surface area contributed by atoms with Gasteiger partial charge in [0.2, 0.25) is 5.91 Å². The average Bonchev–Trinajstić information content (AvgIpc) is 3.03. The van der Waals surface area contributed by atoms with Crippen LogP contribution in [0.4, 0.5) is 0 Å². The van der Waals surface area contributed by atoms with Crippen molar-refractivity contribution < 1.29 is 4.79 Å². The van der Waals surface area contributed by atoms with Crippen LogP contribution in [0.1, 0.15) is 5.56 Å². The van der Waals surface area contributed by atoms with Gasteiger partial charge in [-0.15, -0.1) is 0 Å². The zero-order valence-corrected chi connectivity index (χ0v) is 12.9. The molecule has 0 atom stereocenters. The topological polar surface area (TPSA) is 55.2 Å². The molecule has 0 N–H and O–H groups in total. The fourth-order valence-electron chi connectivity index (χ4n) is 2.28. The molecular formula is C16H15N3O2S. The van der Waals surface area contributed by atoms with Crippen LogP contribution in [0.25, 0.3) is 11.0 Å². The van der Waals surface area contributed by atoms with Crippen LogP contribution in [0.5, 0.6) is 0 Å². The number of likely N-dealkylation sites (N-methyl/N-ethyl adjacent to an activating group) is 1. The van der Waals surface area contributed by atoms with E-state index >= 15 is 0 Å². The number of carbonyl (C=O) groups is 1. The second kappa shape index (κ2) is 6.11. The Kier molecular flexibility index (Phi) is 4.02. The molecule has 0 saturated carbocycles. The molecule has 0 spiro atoms. The van der Waals surface area contributed by atoms with Crippen LogP contribution in [-0.4, -0.2) is 27.4 Å². The Bertz CT molecular complexity index is 855. The van der Waals surface area contributed by atoms with Crippen molar-refractivity contribution in [3.63, 3.8) is 0 Å². The molecule has 3 aromatic rings. The first kappa shape index (κ1) is 14.5. The first-order valence-corrected chi connectivity index (χ1v) is 7.79. The summed E-state index contributed by atoms with van der Waals surface area (Å²) in [5.74, 6) is -0.107. The van der Waals surface area contributed by atoms with E-state index in [2.05, 4.69) is 4.98 Å². The van der Waals surface area contributed by atoms with Crippen molar-refractivity contribution in [1.29, 1.82) is 0 Å². The quantitative estimate of drug-likeness (QED) is 0.741. The van der Waals surface area contributed by atoms with Crippen LogP contribution in [0.3, 0.4) is 0 Å². The van der Waals surface area contributed by atoms with E-state index in [0.717, 1.165) is 5.56 Å². The number of rotatable bonds is 4. The van der Waals surface area contributed by atoms with Gasteiger partial charge in [-0.2, -0.15) is 11.3 Å². The van der Waals surface area contributed by atoms with E-state index in [1.54, 1.807) is 29.4 Å². The van der Waals surface area contributed by atoms with Crippen molar-refractivity contribution in [3.8, 4) is 0 Å². The number of hydrogen-bond acceptors (Lipinski definition) is 4. The lowest BCUT2D eigenvalue weighted by molar-refractivity contribution is -0.131. The Hall–Kier alpha value is -2.47. The van der Waals surface area contributed by atoms with Gasteiger partial charge in [0, 0.05) is 13.6 Å². The fraction of sp³-hybridized carbons (Fsp3) is 0.188. The largest absolute Gasteiger partial charge is 0.340 e. The van der Waals surface area contributed by atoms with Gasteiger partial charge in [0.25, 0.3) is 5.56 Å². The number of thiophene rings is 1. The molecule has 0 radical (unpaired) electrons. The van der Waals surface area contributed by atoms with Gasteiger partial charge in [-0.3, -0.25) is 14.2 Å². The molecule has 0 aliphatic carbocycles. The molecule has 0 aliphatic heterocycles. The van der Waals surface area contributed by atoms with Crippen molar-refractivity contribution in [2.45, 2.75) is 13.1 Å². The van der Waals surface area contributed by atoms with Gasteiger partial charge in [-0.25, -0.2) is 4.98 Å². The normalized spacial score (nSPS) is 10.8. The molecule has 112 valence electrons. The van der Waals surface area contributed by atoms with Gasteiger partial charge in [-0.05, 0) is 34.5 Å². The molecule has 0 aliphatic rings. The molecule has 2 aromatic heterocycles. The smallest absolute Gasteiger partial charge is 0.269 e. The van der Waals surface area contributed by atoms with Gasteiger partial charge in [0.05, 0.1) is 17.2 Å². The van der Waals surface area contributed by atoms with Crippen LogP contribution in [0.15, 0.2) is 52.1 Å². The molecule has 0 bridgehead atoms. The maximum Gasteiger partial charge on any atom is 0.269 e.